The molecule has 2 aromatic heterocycles. The molecule has 0 saturated carbocycles. The molecule has 0 unspecified atom stereocenters. The highest BCUT2D eigenvalue weighted by Gasteiger charge is 2.08. The highest BCUT2D eigenvalue weighted by molar-refractivity contribution is 7.99. The van der Waals surface area contributed by atoms with E-state index in [4.69, 9.17) is 0 Å². The molecule has 4 heteroatoms. The first-order chi connectivity index (χ1) is 10.4. The van der Waals surface area contributed by atoms with Crippen molar-refractivity contribution in [2.45, 2.75) is 29.7 Å². The maximum atomic E-state index is 4.40. The molecular weight excluding hydrogens is 278 g/mol. The lowest BCUT2D eigenvalue weighted by atomic mass is 10.3. The maximum Gasteiger partial charge on any atom is 0.142 e. The second-order valence-electron chi connectivity index (χ2n) is 4.59. The summed E-state index contributed by atoms with van der Waals surface area (Å²) in [6.07, 6.45) is 3.57. The van der Waals surface area contributed by atoms with Crippen LogP contribution in [0.4, 0.5) is 0 Å². The minimum atomic E-state index is 0.837. The van der Waals surface area contributed by atoms with E-state index in [1.54, 1.807) is 18.1 Å². The van der Waals surface area contributed by atoms with E-state index in [2.05, 4.69) is 45.8 Å². The summed E-state index contributed by atoms with van der Waals surface area (Å²) in [6, 6.07) is 12.3. The fourth-order valence-electron chi connectivity index (χ4n) is 1.95. The lowest BCUT2D eigenvalue weighted by Gasteiger charge is -2.00. The molecule has 1 N–H and O–H groups in total. The smallest absolute Gasteiger partial charge is 0.142 e. The third kappa shape index (κ3) is 3.26. The van der Waals surface area contributed by atoms with Gasteiger partial charge in [-0.05, 0) is 30.5 Å². The molecule has 0 fully saturated rings. The van der Waals surface area contributed by atoms with Gasteiger partial charge in [-0.15, -0.1) is 0 Å². The molecule has 0 aliphatic rings. The number of aromatic nitrogens is 3. The van der Waals surface area contributed by atoms with Crippen LogP contribution in [-0.2, 0) is 0 Å². The average Bonchev–Trinajstić information content (AvgIpc) is 2.93. The number of H-pyrrole nitrogens is 1. The number of nitrogens with one attached hydrogen (secondary N) is 1. The fourth-order valence-corrected chi connectivity index (χ4v) is 2.83. The second kappa shape index (κ2) is 6.47. The Morgan fingerprint density at radius 2 is 2.05 bits per heavy atom. The Bertz CT molecular complexity index is 797. The fraction of sp³-hybridized carbons (Fsp3) is 0.176. The molecule has 0 radical (unpaired) electrons. The van der Waals surface area contributed by atoms with Crippen molar-refractivity contribution >= 4 is 22.8 Å². The van der Waals surface area contributed by atoms with E-state index in [9.17, 15) is 0 Å². The molecule has 3 rings (SSSR count). The Morgan fingerprint density at radius 3 is 2.86 bits per heavy atom. The number of benzene rings is 1. The number of nitrogens with zero attached hydrogens (tertiary/aromatic N) is 2. The zero-order chi connectivity index (χ0) is 14.5. The molecule has 0 bridgehead atoms. The van der Waals surface area contributed by atoms with Crippen molar-refractivity contribution < 1.29 is 0 Å². The van der Waals surface area contributed by atoms with Crippen molar-refractivity contribution in [3.05, 3.63) is 48.4 Å². The van der Waals surface area contributed by atoms with Gasteiger partial charge in [0, 0.05) is 11.3 Å². The molecule has 21 heavy (non-hydrogen) atoms. The highest BCUT2D eigenvalue weighted by Crippen LogP contribution is 2.30. The maximum absolute atomic E-state index is 4.40. The molecule has 1 aromatic carbocycles. The van der Waals surface area contributed by atoms with Crippen LogP contribution in [0, 0.1) is 11.8 Å². The van der Waals surface area contributed by atoms with Crippen molar-refractivity contribution in [2.75, 3.05) is 0 Å². The first-order valence-electron chi connectivity index (χ1n) is 6.92. The lowest BCUT2D eigenvalue weighted by molar-refractivity contribution is 0.983. The largest absolute Gasteiger partial charge is 0.333 e. The summed E-state index contributed by atoms with van der Waals surface area (Å²) in [5, 5.41) is 1.97. The summed E-state index contributed by atoms with van der Waals surface area (Å²) in [7, 11) is 0. The van der Waals surface area contributed by atoms with E-state index in [1.807, 2.05) is 24.3 Å². The van der Waals surface area contributed by atoms with Gasteiger partial charge in [-0.1, -0.05) is 42.8 Å². The van der Waals surface area contributed by atoms with Gasteiger partial charge in [-0.2, -0.15) is 0 Å². The van der Waals surface area contributed by atoms with E-state index in [1.165, 1.54) is 0 Å². The minimum Gasteiger partial charge on any atom is -0.333 e. The minimum absolute atomic E-state index is 0.837. The average molecular weight is 293 g/mol. The Hall–Kier alpha value is -2.25. The molecular formula is C17H15N3S. The van der Waals surface area contributed by atoms with Crippen LogP contribution in [0.1, 0.15) is 25.5 Å². The van der Waals surface area contributed by atoms with Gasteiger partial charge in [0.05, 0.1) is 11.1 Å². The van der Waals surface area contributed by atoms with E-state index < -0.39 is 0 Å². The van der Waals surface area contributed by atoms with E-state index in [0.29, 0.717) is 0 Å². The van der Waals surface area contributed by atoms with Crippen molar-refractivity contribution in [3.8, 4) is 11.8 Å². The van der Waals surface area contributed by atoms with Crippen LogP contribution in [0.2, 0.25) is 0 Å². The van der Waals surface area contributed by atoms with Crippen LogP contribution in [0.25, 0.3) is 11.0 Å². The van der Waals surface area contributed by atoms with Gasteiger partial charge in [-0.3, -0.25) is 0 Å². The van der Waals surface area contributed by atoms with Crippen LogP contribution in [-0.4, -0.2) is 15.0 Å². The molecule has 0 atom stereocenters. The zero-order valence-corrected chi connectivity index (χ0v) is 12.6. The Morgan fingerprint density at radius 1 is 1.19 bits per heavy atom. The first kappa shape index (κ1) is 13.7. The van der Waals surface area contributed by atoms with Crippen molar-refractivity contribution in [1.82, 2.24) is 15.0 Å². The summed E-state index contributed by atoms with van der Waals surface area (Å²) in [4.78, 5) is 13.1. The number of aromatic amines is 1. The molecule has 0 aliphatic carbocycles. The van der Waals surface area contributed by atoms with Crippen LogP contribution < -0.4 is 0 Å². The van der Waals surface area contributed by atoms with Crippen LogP contribution in [0.15, 0.2) is 52.6 Å². The molecule has 104 valence electrons. The Labute approximate surface area is 128 Å². The molecule has 0 amide bonds. The monoisotopic (exact) mass is 293 g/mol. The van der Waals surface area contributed by atoms with Gasteiger partial charge in [0.1, 0.15) is 17.0 Å². The molecule has 3 aromatic rings. The normalized spacial score (nSPS) is 10.3. The zero-order valence-electron chi connectivity index (χ0n) is 11.8. The summed E-state index contributed by atoms with van der Waals surface area (Å²) < 4.78 is 0. The van der Waals surface area contributed by atoms with Crippen molar-refractivity contribution in [2.24, 2.45) is 0 Å². The molecule has 0 spiro atoms. The number of hydrogen-bond donors (Lipinski definition) is 1. The van der Waals surface area contributed by atoms with Crippen LogP contribution in [0.5, 0.6) is 0 Å². The lowest BCUT2D eigenvalue weighted by Crippen LogP contribution is -1.84. The quantitative estimate of drug-likeness (QED) is 0.579. The predicted octanol–water partition coefficient (Wildman–Crippen LogP) is 4.26. The molecule has 0 saturated heterocycles. The van der Waals surface area contributed by atoms with Crippen LogP contribution >= 0.6 is 11.8 Å². The summed E-state index contributed by atoms with van der Waals surface area (Å²) in [5.74, 6) is 6.29. The standard InChI is InChI=1S/C17H15N3S/c1-2-3-5-8-13-11-15-16(20-13)18-12-19-17(15)21-14-9-6-4-7-10-14/h4,6-7,9-12H,2-3H2,1H3,(H,18,19,20). The Kier molecular flexibility index (Phi) is 4.23. The summed E-state index contributed by atoms with van der Waals surface area (Å²) in [5.41, 5.74) is 1.73. The highest BCUT2D eigenvalue weighted by atomic mass is 32.2. The summed E-state index contributed by atoms with van der Waals surface area (Å²) in [6.45, 7) is 2.12. The topological polar surface area (TPSA) is 41.6 Å². The van der Waals surface area contributed by atoms with Gasteiger partial charge < -0.3 is 4.98 Å². The second-order valence-corrected chi connectivity index (χ2v) is 5.65. The summed E-state index contributed by atoms with van der Waals surface area (Å²) >= 11 is 1.64. The molecule has 0 aliphatic heterocycles. The van der Waals surface area contributed by atoms with E-state index in [-0.39, 0.29) is 0 Å². The van der Waals surface area contributed by atoms with Crippen molar-refractivity contribution in [1.29, 1.82) is 0 Å². The third-order valence-corrected chi connectivity index (χ3v) is 3.97. The molecule has 3 nitrogen and oxygen atoms in total. The Balaban J connectivity index is 1.94. The van der Waals surface area contributed by atoms with Gasteiger partial charge >= 0.3 is 0 Å². The van der Waals surface area contributed by atoms with Gasteiger partial charge in [-0.25, -0.2) is 9.97 Å². The number of rotatable bonds is 3. The SMILES string of the molecule is CCCC#Cc1cc2c(Sc3ccccc3)ncnc2[nH]1. The first-order valence-corrected chi connectivity index (χ1v) is 7.74. The van der Waals surface area contributed by atoms with Crippen LogP contribution in [0.3, 0.4) is 0 Å². The van der Waals surface area contributed by atoms with E-state index >= 15 is 0 Å². The number of unbranched alkanes of at least 4 members (excludes halogenated alkanes) is 1. The van der Waals surface area contributed by atoms with Gasteiger partial charge in [0.25, 0.3) is 0 Å². The predicted molar refractivity (Wildman–Crippen MR) is 86.2 cm³/mol. The number of hydrogen-bond acceptors (Lipinski definition) is 3. The van der Waals surface area contributed by atoms with E-state index in [0.717, 1.165) is 39.5 Å². The molecule has 2 heterocycles. The van der Waals surface area contributed by atoms with Gasteiger partial charge in [0.2, 0.25) is 0 Å². The third-order valence-electron chi connectivity index (χ3n) is 2.94. The van der Waals surface area contributed by atoms with Gasteiger partial charge in [0.15, 0.2) is 0 Å². The van der Waals surface area contributed by atoms with Crippen molar-refractivity contribution in [3.63, 3.8) is 0 Å². The number of fused-ring (bicyclic) bond motifs is 1.